The molecule has 2 fully saturated rings. The van der Waals surface area contributed by atoms with Crippen molar-refractivity contribution >= 4 is 51.5 Å². The summed E-state index contributed by atoms with van der Waals surface area (Å²) in [7, 11) is 3.24. The molecule has 0 radical (unpaired) electrons. The van der Waals surface area contributed by atoms with Gasteiger partial charge in [0.25, 0.3) is 11.8 Å². The predicted molar refractivity (Wildman–Crippen MR) is 231 cm³/mol. The van der Waals surface area contributed by atoms with Gasteiger partial charge in [0.2, 0.25) is 0 Å². The van der Waals surface area contributed by atoms with Gasteiger partial charge < -0.3 is 28.7 Å². The maximum Gasteiger partial charge on any atom is 0.260 e. The number of benzene rings is 4. The third-order valence-corrected chi connectivity index (χ3v) is 12.0. The predicted octanol–water partition coefficient (Wildman–Crippen LogP) is 9.01. The van der Waals surface area contributed by atoms with Crippen LogP contribution >= 0.6 is 28.3 Å². The van der Waals surface area contributed by atoms with Gasteiger partial charge in [0.1, 0.15) is 19.0 Å². The fourth-order valence-corrected chi connectivity index (χ4v) is 8.51. The van der Waals surface area contributed by atoms with Gasteiger partial charge >= 0.3 is 0 Å². The summed E-state index contributed by atoms with van der Waals surface area (Å²) in [6.45, 7) is 10.8. The Kier molecular flexibility index (Phi) is 15.0. The van der Waals surface area contributed by atoms with Gasteiger partial charge in [-0.1, -0.05) is 31.5 Å². The van der Waals surface area contributed by atoms with E-state index < -0.39 is 5.82 Å². The average molecular weight is 880 g/mol. The molecule has 10 nitrogen and oxygen atoms in total. The summed E-state index contributed by atoms with van der Waals surface area (Å²) in [5.41, 5.74) is 4.56. The number of amides is 2. The minimum absolute atomic E-state index is 0. The standard InChI is InChI=1S/C23H27BrN2O3.C22H25FN2O3.ClH/c1-16-8-10-25(11-9-16)12-13-29-21-14-18(6-7-20(21)28-2)26-15-17-4-3-5-19(24)22(17)23(26)27;1-27-20-8-7-18(14-21(20)28-12-11-24-9-3-2-4-10-24)25-15-16-5-6-17(23)13-19(16)22(25)26;/h3-7,14,16H,8-13,15H2,1-2H3;5-8,13-14H,2-4,9-12,15H2,1H3;1H. The number of halogens is 3. The highest BCUT2D eigenvalue weighted by molar-refractivity contribution is 9.10. The molecule has 0 bridgehead atoms. The van der Waals surface area contributed by atoms with Crippen molar-refractivity contribution < 1.29 is 32.9 Å². The summed E-state index contributed by atoms with van der Waals surface area (Å²) in [5.74, 6) is 2.86. The Morgan fingerprint density at radius 3 is 1.83 bits per heavy atom. The van der Waals surface area contributed by atoms with Gasteiger partial charge in [0, 0.05) is 46.6 Å². The van der Waals surface area contributed by atoms with Gasteiger partial charge in [-0.25, -0.2) is 4.39 Å². The molecule has 2 saturated heterocycles. The topological polar surface area (TPSA) is 84.0 Å². The SMILES string of the molecule is COc1ccc(N2Cc3ccc(F)cc3C2=O)cc1OCCN1CCCCC1.COc1ccc(N2Cc3cccc(Br)c3C2=O)cc1OCCN1CCC(C)CC1.Cl. The first-order chi connectivity index (χ1) is 27.7. The van der Waals surface area contributed by atoms with Gasteiger partial charge in [-0.15, -0.1) is 12.4 Å². The second kappa shape index (κ2) is 20.1. The molecule has 0 aromatic heterocycles. The molecule has 4 heterocycles. The van der Waals surface area contributed by atoms with Crippen molar-refractivity contribution in [3.63, 3.8) is 0 Å². The van der Waals surface area contributed by atoms with Crippen molar-refractivity contribution in [3.8, 4) is 23.0 Å². The molecule has 4 aliphatic rings. The van der Waals surface area contributed by atoms with Gasteiger partial charge in [-0.2, -0.15) is 0 Å². The number of hydrogen-bond acceptors (Lipinski definition) is 8. The van der Waals surface area contributed by atoms with E-state index in [1.165, 1.54) is 44.2 Å². The summed E-state index contributed by atoms with van der Waals surface area (Å²) in [6.07, 6.45) is 6.31. The number of carbonyl (C=O) groups excluding carboxylic acids is 2. The monoisotopic (exact) mass is 878 g/mol. The van der Waals surface area contributed by atoms with Crippen LogP contribution < -0.4 is 28.7 Å². The van der Waals surface area contributed by atoms with E-state index in [1.54, 1.807) is 30.1 Å². The van der Waals surface area contributed by atoms with Gasteiger partial charge in [-0.3, -0.25) is 19.4 Å². The lowest BCUT2D eigenvalue weighted by Gasteiger charge is -2.30. The quantitative estimate of drug-likeness (QED) is 0.140. The first-order valence-corrected chi connectivity index (χ1v) is 20.8. The number of anilines is 2. The number of nitrogens with zero attached hydrogens (tertiary/aromatic N) is 4. The van der Waals surface area contributed by atoms with Gasteiger partial charge in [0.15, 0.2) is 23.0 Å². The third kappa shape index (κ3) is 10.1. The number of fused-ring (bicyclic) bond motifs is 2. The van der Waals surface area contributed by atoms with Crippen LogP contribution in [-0.2, 0) is 13.1 Å². The molecular weight excluding hydrogens is 827 g/mol. The van der Waals surface area contributed by atoms with Crippen LogP contribution in [0.3, 0.4) is 0 Å². The fourth-order valence-electron chi connectivity index (χ4n) is 7.94. The van der Waals surface area contributed by atoms with Crippen LogP contribution in [0.15, 0.2) is 77.3 Å². The van der Waals surface area contributed by atoms with Crippen molar-refractivity contribution in [3.05, 3.63) is 105 Å². The lowest BCUT2D eigenvalue weighted by atomic mass is 9.99. The van der Waals surface area contributed by atoms with E-state index in [4.69, 9.17) is 18.9 Å². The molecule has 0 aliphatic carbocycles. The van der Waals surface area contributed by atoms with E-state index in [9.17, 15) is 14.0 Å². The molecule has 0 atom stereocenters. The lowest BCUT2D eigenvalue weighted by molar-refractivity contribution is 0.0988. The Hall–Kier alpha value is -4.36. The number of carbonyl (C=O) groups is 2. The molecule has 13 heteroatoms. The summed E-state index contributed by atoms with van der Waals surface area (Å²) >= 11 is 3.50. The number of methoxy groups -OCH3 is 2. The Balaban J connectivity index is 0.000000192. The van der Waals surface area contributed by atoms with Crippen molar-refractivity contribution in [2.24, 2.45) is 5.92 Å². The molecule has 4 aliphatic heterocycles. The Labute approximate surface area is 355 Å². The van der Waals surface area contributed by atoms with E-state index in [2.05, 4.69) is 32.7 Å². The van der Waals surface area contributed by atoms with Crippen molar-refractivity contribution in [1.82, 2.24) is 9.80 Å². The van der Waals surface area contributed by atoms with E-state index >= 15 is 0 Å². The molecule has 8 rings (SSSR count). The highest BCUT2D eigenvalue weighted by Crippen LogP contribution is 2.38. The summed E-state index contributed by atoms with van der Waals surface area (Å²) in [4.78, 5) is 34.0. The maximum atomic E-state index is 13.5. The van der Waals surface area contributed by atoms with Crippen molar-refractivity contribution in [2.45, 2.75) is 52.1 Å². The smallest absolute Gasteiger partial charge is 0.260 e. The molecule has 0 N–H and O–H groups in total. The fraction of sp³-hybridized carbons (Fsp3) is 0.422. The van der Waals surface area contributed by atoms with Gasteiger partial charge in [-0.05, 0) is 127 Å². The van der Waals surface area contributed by atoms with Crippen LogP contribution in [0.25, 0.3) is 0 Å². The molecule has 0 spiro atoms. The Morgan fingerprint density at radius 1 is 0.672 bits per heavy atom. The van der Waals surface area contributed by atoms with E-state index in [0.29, 0.717) is 54.9 Å². The summed E-state index contributed by atoms with van der Waals surface area (Å²) < 4.78 is 37.3. The Bertz CT molecular complexity index is 2060. The largest absolute Gasteiger partial charge is 0.493 e. The maximum absolute atomic E-state index is 13.5. The zero-order valence-corrected chi connectivity index (χ0v) is 35.9. The summed E-state index contributed by atoms with van der Waals surface area (Å²) in [5, 5.41) is 0. The molecule has 0 unspecified atom stereocenters. The van der Waals surface area contributed by atoms with E-state index in [-0.39, 0.29) is 24.2 Å². The zero-order valence-electron chi connectivity index (χ0n) is 33.5. The van der Waals surface area contributed by atoms with E-state index in [0.717, 1.165) is 77.7 Å². The molecule has 310 valence electrons. The number of likely N-dealkylation sites (tertiary alicyclic amines) is 2. The second-order valence-electron chi connectivity index (χ2n) is 15.2. The second-order valence-corrected chi connectivity index (χ2v) is 16.0. The third-order valence-electron chi connectivity index (χ3n) is 11.3. The highest BCUT2D eigenvalue weighted by Gasteiger charge is 2.32. The van der Waals surface area contributed by atoms with Crippen LogP contribution in [0.4, 0.5) is 15.8 Å². The number of hydrogen-bond donors (Lipinski definition) is 0. The van der Waals surface area contributed by atoms with E-state index in [1.807, 2.05) is 54.6 Å². The molecule has 4 aromatic carbocycles. The molecule has 2 amide bonds. The number of piperidine rings is 2. The van der Waals surface area contributed by atoms with Crippen LogP contribution in [0, 0.1) is 11.7 Å². The lowest BCUT2D eigenvalue weighted by Crippen LogP contribution is -2.35. The molecule has 4 aromatic rings. The van der Waals surface area contributed by atoms with Crippen LogP contribution in [0.5, 0.6) is 23.0 Å². The minimum Gasteiger partial charge on any atom is -0.493 e. The van der Waals surface area contributed by atoms with Crippen LogP contribution in [0.2, 0.25) is 0 Å². The Morgan fingerprint density at radius 2 is 1.24 bits per heavy atom. The summed E-state index contributed by atoms with van der Waals surface area (Å²) in [6, 6.07) is 21.4. The first kappa shape index (κ1) is 43.2. The zero-order chi connectivity index (χ0) is 39.9. The molecular formula is C45H53BrClFN4O6. The minimum atomic E-state index is -0.398. The molecule has 0 saturated carbocycles. The van der Waals surface area contributed by atoms with Gasteiger partial charge in [0.05, 0.1) is 32.9 Å². The van der Waals surface area contributed by atoms with Crippen molar-refractivity contribution in [2.75, 3.05) is 76.5 Å². The first-order valence-electron chi connectivity index (χ1n) is 20.0. The van der Waals surface area contributed by atoms with Crippen LogP contribution in [0.1, 0.15) is 70.9 Å². The van der Waals surface area contributed by atoms with Crippen molar-refractivity contribution in [1.29, 1.82) is 0 Å². The van der Waals surface area contributed by atoms with Crippen LogP contribution in [-0.4, -0.2) is 88.3 Å². The number of ether oxygens (including phenoxy) is 4. The molecule has 58 heavy (non-hydrogen) atoms. The normalized spacial score (nSPS) is 16.9. The number of rotatable bonds is 12. The average Bonchev–Trinajstić information content (AvgIpc) is 3.75. The highest BCUT2D eigenvalue weighted by atomic mass is 79.9.